The lowest BCUT2D eigenvalue weighted by Crippen LogP contribution is -2.29. The maximum atomic E-state index is 12.7. The van der Waals surface area contributed by atoms with Gasteiger partial charge in [-0.2, -0.15) is 0 Å². The van der Waals surface area contributed by atoms with E-state index in [0.29, 0.717) is 11.4 Å². The summed E-state index contributed by atoms with van der Waals surface area (Å²) in [6, 6.07) is 6.77. The molecule has 1 aromatic carbocycles. The zero-order chi connectivity index (χ0) is 11.7. The normalized spacial score (nSPS) is 10.4. The molecule has 0 spiro atoms. The minimum atomic E-state index is -0.531. The van der Waals surface area contributed by atoms with Crippen molar-refractivity contribution in [1.29, 1.82) is 0 Å². The van der Waals surface area contributed by atoms with Gasteiger partial charge in [-0.05, 0) is 31.2 Å². The van der Waals surface area contributed by atoms with E-state index in [1.165, 1.54) is 34.9 Å². The van der Waals surface area contributed by atoms with Crippen LogP contribution >= 0.6 is 0 Å². The zero-order valence-electron chi connectivity index (χ0n) is 8.53. The Kier molecular flexibility index (Phi) is 2.44. The minimum absolute atomic E-state index is 0.376. The molecule has 16 heavy (non-hydrogen) atoms. The lowest BCUT2D eigenvalue weighted by Gasteiger charge is -2.07. The van der Waals surface area contributed by atoms with Crippen LogP contribution in [0.3, 0.4) is 0 Å². The molecule has 0 radical (unpaired) electrons. The number of nitrogens with one attached hydrogen (secondary N) is 1. The van der Waals surface area contributed by atoms with Gasteiger partial charge in [-0.3, -0.25) is 14.3 Å². The zero-order valence-corrected chi connectivity index (χ0v) is 8.53. The first-order chi connectivity index (χ1) is 7.58. The van der Waals surface area contributed by atoms with Crippen LogP contribution in [0, 0.1) is 12.7 Å². The van der Waals surface area contributed by atoms with Gasteiger partial charge in [0.15, 0.2) is 0 Å². The van der Waals surface area contributed by atoms with Gasteiger partial charge in [0.25, 0.3) is 5.56 Å². The van der Waals surface area contributed by atoms with Gasteiger partial charge in [-0.15, -0.1) is 0 Å². The highest BCUT2D eigenvalue weighted by Gasteiger charge is 2.04. The molecule has 82 valence electrons. The maximum absolute atomic E-state index is 12.7. The lowest BCUT2D eigenvalue weighted by atomic mass is 10.3. The van der Waals surface area contributed by atoms with Crippen molar-refractivity contribution in [2.75, 3.05) is 0 Å². The Balaban J connectivity index is 2.69. The summed E-state index contributed by atoms with van der Waals surface area (Å²) in [5.74, 6) is -0.376. The van der Waals surface area contributed by atoms with Crippen LogP contribution in [-0.2, 0) is 0 Å². The maximum Gasteiger partial charge on any atom is 0.333 e. The Morgan fingerprint density at radius 2 is 1.81 bits per heavy atom. The topological polar surface area (TPSA) is 54.9 Å². The Morgan fingerprint density at radius 1 is 1.19 bits per heavy atom. The van der Waals surface area contributed by atoms with Crippen molar-refractivity contribution in [1.82, 2.24) is 9.55 Å². The average Bonchev–Trinajstić information content (AvgIpc) is 2.19. The Morgan fingerprint density at radius 3 is 2.38 bits per heavy atom. The van der Waals surface area contributed by atoms with Gasteiger partial charge in [0.2, 0.25) is 0 Å². The number of aromatic nitrogens is 2. The summed E-state index contributed by atoms with van der Waals surface area (Å²) < 4.78 is 14.0. The van der Waals surface area contributed by atoms with E-state index >= 15 is 0 Å². The molecule has 0 amide bonds. The second-order valence-corrected chi connectivity index (χ2v) is 3.39. The molecule has 0 saturated carbocycles. The van der Waals surface area contributed by atoms with E-state index in [1.54, 1.807) is 6.92 Å². The molecule has 5 heteroatoms. The third kappa shape index (κ3) is 1.79. The minimum Gasteiger partial charge on any atom is -0.274 e. The molecule has 0 saturated heterocycles. The predicted octanol–water partition coefficient (Wildman–Crippen LogP) is 0.973. The van der Waals surface area contributed by atoms with Crippen LogP contribution in [0.25, 0.3) is 5.69 Å². The van der Waals surface area contributed by atoms with Crippen LogP contribution in [-0.4, -0.2) is 9.55 Å². The molecule has 0 aliphatic rings. The van der Waals surface area contributed by atoms with Crippen molar-refractivity contribution in [3.05, 3.63) is 62.7 Å². The van der Waals surface area contributed by atoms with E-state index in [0.717, 1.165) is 0 Å². The molecule has 0 aliphatic heterocycles. The Labute approximate surface area is 90.0 Å². The first-order valence-electron chi connectivity index (χ1n) is 4.67. The van der Waals surface area contributed by atoms with Crippen molar-refractivity contribution in [3.8, 4) is 5.69 Å². The quantitative estimate of drug-likeness (QED) is 0.778. The summed E-state index contributed by atoms with van der Waals surface area (Å²) in [5, 5.41) is 0. The number of nitrogens with zero attached hydrogens (tertiary/aromatic N) is 1. The standard InChI is InChI=1S/C11H9FN2O2/c1-7-6-10(15)13-11(16)14(7)9-4-2-8(12)3-5-9/h2-6H,1H3,(H,13,15,16). The fraction of sp³-hybridized carbons (Fsp3) is 0.0909. The number of hydrogen-bond acceptors (Lipinski definition) is 2. The van der Waals surface area contributed by atoms with Crippen LogP contribution in [0.15, 0.2) is 39.9 Å². The summed E-state index contributed by atoms with van der Waals surface area (Å²) in [6.45, 7) is 1.64. The number of aromatic amines is 1. The summed E-state index contributed by atoms with van der Waals surface area (Å²) in [6.07, 6.45) is 0. The Hall–Kier alpha value is -2.17. The van der Waals surface area contributed by atoms with Crippen LogP contribution in [0.1, 0.15) is 5.69 Å². The fourth-order valence-corrected chi connectivity index (χ4v) is 1.52. The van der Waals surface area contributed by atoms with E-state index in [1.807, 2.05) is 0 Å². The number of hydrogen-bond donors (Lipinski definition) is 1. The molecule has 0 atom stereocenters. The van der Waals surface area contributed by atoms with Gasteiger partial charge < -0.3 is 0 Å². The number of halogens is 1. The average molecular weight is 220 g/mol. The molecule has 2 aromatic rings. The summed E-state index contributed by atoms with van der Waals surface area (Å²) in [4.78, 5) is 24.7. The monoisotopic (exact) mass is 220 g/mol. The van der Waals surface area contributed by atoms with Gasteiger partial charge in [-0.1, -0.05) is 0 Å². The van der Waals surface area contributed by atoms with Gasteiger partial charge in [0, 0.05) is 11.8 Å². The van der Waals surface area contributed by atoms with Gasteiger partial charge >= 0.3 is 5.69 Å². The second kappa shape index (κ2) is 3.77. The van der Waals surface area contributed by atoms with Gasteiger partial charge in [0.05, 0.1) is 5.69 Å². The van der Waals surface area contributed by atoms with Gasteiger partial charge in [-0.25, -0.2) is 9.18 Å². The van der Waals surface area contributed by atoms with E-state index in [2.05, 4.69) is 4.98 Å². The molecule has 0 fully saturated rings. The van der Waals surface area contributed by atoms with E-state index in [4.69, 9.17) is 0 Å². The highest BCUT2D eigenvalue weighted by Crippen LogP contribution is 2.07. The Bertz CT molecular complexity index is 626. The molecule has 2 rings (SSSR count). The highest BCUT2D eigenvalue weighted by atomic mass is 19.1. The third-order valence-electron chi connectivity index (χ3n) is 2.21. The van der Waals surface area contributed by atoms with Crippen molar-refractivity contribution in [2.24, 2.45) is 0 Å². The smallest absolute Gasteiger partial charge is 0.274 e. The molecule has 1 N–H and O–H groups in total. The van der Waals surface area contributed by atoms with E-state index in [-0.39, 0.29) is 5.82 Å². The molecule has 0 unspecified atom stereocenters. The molecular formula is C11H9FN2O2. The molecular weight excluding hydrogens is 211 g/mol. The van der Waals surface area contributed by atoms with Crippen molar-refractivity contribution in [2.45, 2.75) is 6.92 Å². The van der Waals surface area contributed by atoms with Crippen LogP contribution in [0.4, 0.5) is 4.39 Å². The second-order valence-electron chi connectivity index (χ2n) is 3.39. The third-order valence-corrected chi connectivity index (χ3v) is 2.21. The van der Waals surface area contributed by atoms with Crippen LogP contribution < -0.4 is 11.2 Å². The summed E-state index contributed by atoms with van der Waals surface area (Å²) in [7, 11) is 0. The van der Waals surface area contributed by atoms with E-state index in [9.17, 15) is 14.0 Å². The number of H-pyrrole nitrogens is 1. The molecule has 0 aliphatic carbocycles. The summed E-state index contributed by atoms with van der Waals surface area (Å²) >= 11 is 0. The number of rotatable bonds is 1. The van der Waals surface area contributed by atoms with Crippen molar-refractivity contribution >= 4 is 0 Å². The van der Waals surface area contributed by atoms with Crippen LogP contribution in [0.5, 0.6) is 0 Å². The molecule has 1 heterocycles. The first-order valence-corrected chi connectivity index (χ1v) is 4.67. The van der Waals surface area contributed by atoms with E-state index < -0.39 is 11.2 Å². The molecule has 4 nitrogen and oxygen atoms in total. The molecule has 1 aromatic heterocycles. The SMILES string of the molecule is Cc1cc(=O)[nH]c(=O)n1-c1ccc(F)cc1. The van der Waals surface area contributed by atoms with Crippen molar-refractivity contribution < 1.29 is 4.39 Å². The van der Waals surface area contributed by atoms with Crippen LogP contribution in [0.2, 0.25) is 0 Å². The van der Waals surface area contributed by atoms with Crippen molar-refractivity contribution in [3.63, 3.8) is 0 Å². The highest BCUT2D eigenvalue weighted by molar-refractivity contribution is 5.33. The summed E-state index contributed by atoms with van der Waals surface area (Å²) in [5.41, 5.74) is 0.0398. The number of benzene rings is 1. The first kappa shape index (κ1) is 10.4. The lowest BCUT2D eigenvalue weighted by molar-refractivity contribution is 0.627. The predicted molar refractivity (Wildman–Crippen MR) is 57.4 cm³/mol. The fourth-order valence-electron chi connectivity index (χ4n) is 1.52. The molecule has 0 bridgehead atoms. The number of aryl methyl sites for hydroxylation is 1. The largest absolute Gasteiger partial charge is 0.333 e. The van der Waals surface area contributed by atoms with Gasteiger partial charge in [0.1, 0.15) is 5.82 Å².